The zero-order valence-corrected chi connectivity index (χ0v) is 12.5. The molecule has 0 atom stereocenters. The summed E-state index contributed by atoms with van der Waals surface area (Å²) in [5.41, 5.74) is 0.563. The molecule has 1 aliphatic rings. The van der Waals surface area contributed by atoms with Crippen molar-refractivity contribution in [3.63, 3.8) is 0 Å². The highest BCUT2D eigenvalue weighted by atomic mass is 32.1. The molecule has 1 amide bonds. The monoisotopic (exact) mass is 297 g/mol. The topological polar surface area (TPSA) is 82.5 Å². The Morgan fingerprint density at radius 3 is 2.70 bits per heavy atom. The standard InChI is InChI=1S/C13H19N3O3S/c1-8-11(13(18)19)12(20-15-8)16(2)10(17)7-14-9-5-3-4-6-9/h9,14H,3-7H2,1-2H3,(H,18,19). The highest BCUT2D eigenvalue weighted by molar-refractivity contribution is 7.11. The summed E-state index contributed by atoms with van der Waals surface area (Å²) in [6, 6.07) is 0.412. The quantitative estimate of drug-likeness (QED) is 0.863. The molecule has 2 N–H and O–H groups in total. The Kier molecular flexibility index (Phi) is 4.72. The van der Waals surface area contributed by atoms with Crippen molar-refractivity contribution >= 4 is 28.4 Å². The van der Waals surface area contributed by atoms with E-state index in [1.807, 2.05) is 0 Å². The van der Waals surface area contributed by atoms with Crippen molar-refractivity contribution in [2.75, 3.05) is 18.5 Å². The minimum absolute atomic E-state index is 0.117. The number of aromatic carboxylic acids is 1. The van der Waals surface area contributed by atoms with Gasteiger partial charge in [-0.15, -0.1) is 0 Å². The zero-order valence-electron chi connectivity index (χ0n) is 11.7. The molecule has 1 aromatic heterocycles. The number of nitrogens with zero attached hydrogens (tertiary/aromatic N) is 2. The van der Waals surface area contributed by atoms with Crippen LogP contribution in [0.15, 0.2) is 0 Å². The molecule has 20 heavy (non-hydrogen) atoms. The van der Waals surface area contributed by atoms with Gasteiger partial charge in [-0.05, 0) is 31.3 Å². The minimum atomic E-state index is -1.05. The fraction of sp³-hybridized carbons (Fsp3) is 0.615. The van der Waals surface area contributed by atoms with Crippen molar-refractivity contribution in [3.8, 4) is 0 Å². The van der Waals surface area contributed by atoms with Crippen molar-refractivity contribution in [3.05, 3.63) is 11.3 Å². The van der Waals surface area contributed by atoms with E-state index in [1.165, 1.54) is 17.7 Å². The molecule has 0 aromatic carbocycles. The number of likely N-dealkylation sites (N-methyl/N-ethyl adjacent to an activating group) is 1. The van der Waals surface area contributed by atoms with Gasteiger partial charge in [-0.25, -0.2) is 4.79 Å². The van der Waals surface area contributed by atoms with Crippen molar-refractivity contribution in [2.24, 2.45) is 0 Å². The van der Waals surface area contributed by atoms with E-state index in [9.17, 15) is 14.7 Å². The Morgan fingerprint density at radius 2 is 2.10 bits per heavy atom. The number of aromatic nitrogens is 1. The number of hydrogen-bond donors (Lipinski definition) is 2. The maximum atomic E-state index is 12.1. The molecule has 1 fully saturated rings. The summed E-state index contributed by atoms with van der Waals surface area (Å²) in [4.78, 5) is 24.7. The van der Waals surface area contributed by atoms with Gasteiger partial charge in [-0.1, -0.05) is 12.8 Å². The second kappa shape index (κ2) is 6.32. The molecular weight excluding hydrogens is 278 g/mol. The summed E-state index contributed by atoms with van der Waals surface area (Å²) < 4.78 is 4.03. The first-order chi connectivity index (χ1) is 9.50. The Morgan fingerprint density at radius 1 is 1.45 bits per heavy atom. The van der Waals surface area contributed by atoms with E-state index in [2.05, 4.69) is 9.69 Å². The van der Waals surface area contributed by atoms with E-state index in [1.54, 1.807) is 14.0 Å². The third-order valence-electron chi connectivity index (χ3n) is 3.63. The van der Waals surface area contributed by atoms with Crippen LogP contribution in [0.4, 0.5) is 5.00 Å². The smallest absolute Gasteiger partial charge is 0.340 e. The third kappa shape index (κ3) is 3.16. The average Bonchev–Trinajstić information content (AvgIpc) is 3.03. The highest BCUT2D eigenvalue weighted by Crippen LogP contribution is 2.27. The predicted octanol–water partition coefficient (Wildman–Crippen LogP) is 1.64. The van der Waals surface area contributed by atoms with Crippen LogP contribution in [0.3, 0.4) is 0 Å². The van der Waals surface area contributed by atoms with Crippen molar-refractivity contribution in [1.29, 1.82) is 0 Å². The molecule has 0 aliphatic heterocycles. The largest absolute Gasteiger partial charge is 0.478 e. The van der Waals surface area contributed by atoms with E-state index < -0.39 is 5.97 Å². The van der Waals surface area contributed by atoms with Gasteiger partial charge in [0.25, 0.3) is 0 Å². The summed E-state index contributed by atoms with van der Waals surface area (Å²) in [5, 5.41) is 12.8. The number of carbonyl (C=O) groups excluding carboxylic acids is 1. The van der Waals surface area contributed by atoms with Crippen molar-refractivity contribution in [1.82, 2.24) is 9.69 Å². The van der Waals surface area contributed by atoms with Crippen LogP contribution in [-0.2, 0) is 4.79 Å². The average molecular weight is 297 g/mol. The molecule has 1 aliphatic carbocycles. The third-order valence-corrected chi connectivity index (χ3v) is 4.65. The summed E-state index contributed by atoms with van der Waals surface area (Å²) in [6.07, 6.45) is 4.63. The van der Waals surface area contributed by atoms with Gasteiger partial charge in [0.15, 0.2) is 0 Å². The van der Waals surface area contributed by atoms with Crippen molar-refractivity contribution in [2.45, 2.75) is 38.6 Å². The first kappa shape index (κ1) is 14.9. The number of amides is 1. The lowest BCUT2D eigenvalue weighted by Gasteiger charge is -2.18. The van der Waals surface area contributed by atoms with Crippen LogP contribution in [0, 0.1) is 6.92 Å². The van der Waals surface area contributed by atoms with Crippen LogP contribution >= 0.6 is 11.5 Å². The summed E-state index contributed by atoms with van der Waals surface area (Å²) in [7, 11) is 1.60. The molecule has 0 radical (unpaired) electrons. The van der Waals surface area contributed by atoms with Gasteiger partial charge in [0.2, 0.25) is 5.91 Å². The van der Waals surface area contributed by atoms with Crippen molar-refractivity contribution < 1.29 is 14.7 Å². The maximum absolute atomic E-state index is 12.1. The first-order valence-electron chi connectivity index (χ1n) is 6.70. The molecular formula is C13H19N3O3S. The van der Waals surface area contributed by atoms with E-state index in [0.29, 0.717) is 16.7 Å². The lowest BCUT2D eigenvalue weighted by Crippen LogP contribution is -2.39. The molecule has 1 heterocycles. The molecule has 0 spiro atoms. The summed E-state index contributed by atoms with van der Waals surface area (Å²) in [6.45, 7) is 1.87. The molecule has 0 bridgehead atoms. The Balaban J connectivity index is 2.01. The number of anilines is 1. The number of hydrogen-bond acceptors (Lipinski definition) is 5. The molecule has 110 valence electrons. The zero-order chi connectivity index (χ0) is 14.7. The highest BCUT2D eigenvalue weighted by Gasteiger charge is 2.24. The second-order valence-electron chi connectivity index (χ2n) is 5.07. The maximum Gasteiger partial charge on any atom is 0.340 e. The molecule has 1 saturated carbocycles. The van der Waals surface area contributed by atoms with Gasteiger partial charge in [-0.2, -0.15) is 4.37 Å². The normalized spacial score (nSPS) is 15.5. The SMILES string of the molecule is Cc1nsc(N(C)C(=O)CNC2CCCC2)c1C(=O)O. The van der Waals surface area contributed by atoms with Gasteiger partial charge in [0.05, 0.1) is 12.2 Å². The van der Waals surface area contributed by atoms with Crippen LogP contribution in [0.2, 0.25) is 0 Å². The van der Waals surface area contributed by atoms with Gasteiger partial charge in [-0.3, -0.25) is 4.79 Å². The fourth-order valence-corrected chi connectivity index (χ4v) is 3.29. The van der Waals surface area contributed by atoms with Gasteiger partial charge in [0.1, 0.15) is 10.6 Å². The van der Waals surface area contributed by atoms with Crippen LogP contribution in [-0.4, -0.2) is 41.0 Å². The molecule has 6 nitrogen and oxygen atoms in total. The van der Waals surface area contributed by atoms with Gasteiger partial charge in [0, 0.05) is 13.1 Å². The predicted molar refractivity (Wildman–Crippen MR) is 77.5 cm³/mol. The number of rotatable bonds is 5. The van der Waals surface area contributed by atoms with E-state index in [4.69, 9.17) is 0 Å². The molecule has 1 aromatic rings. The number of carboxylic acid groups (broad SMARTS) is 1. The first-order valence-corrected chi connectivity index (χ1v) is 7.47. The number of carboxylic acids is 1. The van der Waals surface area contributed by atoms with E-state index in [0.717, 1.165) is 24.4 Å². The van der Waals surface area contributed by atoms with Gasteiger partial charge < -0.3 is 15.3 Å². The van der Waals surface area contributed by atoms with Crippen LogP contribution in [0.1, 0.15) is 41.7 Å². The molecule has 2 rings (SSSR count). The summed E-state index contributed by atoms with van der Waals surface area (Å²) >= 11 is 1.05. The minimum Gasteiger partial charge on any atom is -0.478 e. The van der Waals surface area contributed by atoms with E-state index >= 15 is 0 Å². The van der Waals surface area contributed by atoms with Gasteiger partial charge >= 0.3 is 5.97 Å². The lowest BCUT2D eigenvalue weighted by molar-refractivity contribution is -0.117. The molecule has 7 heteroatoms. The lowest BCUT2D eigenvalue weighted by atomic mass is 10.2. The Bertz CT molecular complexity index is 509. The molecule has 0 saturated heterocycles. The summed E-state index contributed by atoms with van der Waals surface area (Å²) in [5.74, 6) is -1.18. The van der Waals surface area contributed by atoms with Crippen LogP contribution < -0.4 is 10.2 Å². The Hall–Kier alpha value is -1.47. The van der Waals surface area contributed by atoms with Crippen LogP contribution in [0.25, 0.3) is 0 Å². The molecule has 0 unspecified atom stereocenters. The second-order valence-corrected chi connectivity index (χ2v) is 5.82. The van der Waals surface area contributed by atoms with E-state index in [-0.39, 0.29) is 18.0 Å². The fourth-order valence-electron chi connectivity index (χ4n) is 2.43. The number of aryl methyl sites for hydroxylation is 1. The Labute approximate surface area is 122 Å². The number of carbonyl (C=O) groups is 2. The number of nitrogens with one attached hydrogen (secondary N) is 1. The van der Waals surface area contributed by atoms with Crippen LogP contribution in [0.5, 0.6) is 0 Å².